The topological polar surface area (TPSA) is 69.4 Å². The lowest BCUT2D eigenvalue weighted by molar-refractivity contribution is 0.0508. The van der Waals surface area contributed by atoms with E-state index in [4.69, 9.17) is 4.74 Å². The van der Waals surface area contributed by atoms with Crippen LogP contribution in [-0.2, 0) is 11.2 Å². The maximum absolute atomic E-state index is 11.8. The van der Waals surface area contributed by atoms with Gasteiger partial charge in [0, 0.05) is 12.6 Å². The molecule has 0 unspecified atom stereocenters. The van der Waals surface area contributed by atoms with Gasteiger partial charge in [-0.1, -0.05) is 23.4 Å². The number of carbonyl (C=O) groups excluding carboxylic acids is 1. The van der Waals surface area contributed by atoms with Gasteiger partial charge < -0.3 is 4.74 Å². The third-order valence-corrected chi connectivity index (χ3v) is 2.88. The van der Waals surface area contributed by atoms with Crippen LogP contribution in [0.1, 0.15) is 16.1 Å². The van der Waals surface area contributed by atoms with Gasteiger partial charge in [-0.15, -0.1) is 5.10 Å². The van der Waals surface area contributed by atoms with Crippen LogP contribution in [0.2, 0.25) is 0 Å². The number of nitrogens with zero attached hydrogens (tertiary/aromatic N) is 4. The number of ether oxygens (including phenoxy) is 1. The van der Waals surface area contributed by atoms with E-state index in [1.807, 2.05) is 12.1 Å². The minimum atomic E-state index is -0.325. The van der Waals surface area contributed by atoms with Gasteiger partial charge in [0.15, 0.2) is 5.65 Å². The standard InChI is InChI=1S/C14H12N4O2/c19-14(11-4-2-1-3-5-11)20-9-7-12-6-8-15-13-10-16-17-18(12)13/h1-6,8,10H,7,9H2. The molecule has 20 heavy (non-hydrogen) atoms. The molecule has 3 rings (SSSR count). The summed E-state index contributed by atoms with van der Waals surface area (Å²) < 4.78 is 6.87. The summed E-state index contributed by atoms with van der Waals surface area (Å²) in [5.74, 6) is -0.325. The number of hydrogen-bond donors (Lipinski definition) is 0. The van der Waals surface area contributed by atoms with Crippen molar-refractivity contribution in [1.29, 1.82) is 0 Å². The molecular weight excluding hydrogens is 256 g/mol. The van der Waals surface area contributed by atoms with E-state index in [2.05, 4.69) is 15.3 Å². The quantitative estimate of drug-likeness (QED) is 0.671. The van der Waals surface area contributed by atoms with E-state index in [1.165, 1.54) is 0 Å². The summed E-state index contributed by atoms with van der Waals surface area (Å²) in [5.41, 5.74) is 2.12. The molecule has 2 heterocycles. The molecule has 0 aliphatic rings. The summed E-state index contributed by atoms with van der Waals surface area (Å²) in [5, 5.41) is 7.73. The average molecular weight is 268 g/mol. The number of aromatic nitrogens is 4. The second-order valence-corrected chi connectivity index (χ2v) is 4.19. The molecule has 0 amide bonds. The fourth-order valence-corrected chi connectivity index (χ4v) is 1.89. The second kappa shape index (κ2) is 5.48. The summed E-state index contributed by atoms with van der Waals surface area (Å²) >= 11 is 0. The van der Waals surface area contributed by atoms with Crippen LogP contribution in [0.4, 0.5) is 0 Å². The highest BCUT2D eigenvalue weighted by atomic mass is 16.5. The van der Waals surface area contributed by atoms with E-state index < -0.39 is 0 Å². The lowest BCUT2D eigenvalue weighted by atomic mass is 10.2. The lowest BCUT2D eigenvalue weighted by Gasteiger charge is -2.05. The third kappa shape index (κ3) is 2.49. The first-order valence-corrected chi connectivity index (χ1v) is 6.21. The van der Waals surface area contributed by atoms with Gasteiger partial charge in [-0.05, 0) is 18.2 Å². The van der Waals surface area contributed by atoms with Crippen LogP contribution < -0.4 is 0 Å². The van der Waals surface area contributed by atoms with Crippen LogP contribution in [0.15, 0.2) is 48.8 Å². The van der Waals surface area contributed by atoms with Crippen molar-refractivity contribution >= 4 is 11.6 Å². The van der Waals surface area contributed by atoms with E-state index in [-0.39, 0.29) is 12.6 Å². The Morgan fingerprint density at radius 2 is 2.05 bits per heavy atom. The molecule has 2 aromatic heterocycles. The molecule has 0 N–H and O–H groups in total. The van der Waals surface area contributed by atoms with Crippen LogP contribution in [0.5, 0.6) is 0 Å². The Labute approximate surface area is 115 Å². The first-order chi connectivity index (χ1) is 9.84. The molecule has 3 aromatic rings. The minimum absolute atomic E-state index is 0.284. The molecule has 0 atom stereocenters. The Kier molecular flexibility index (Phi) is 3.36. The largest absolute Gasteiger partial charge is 0.462 e. The molecule has 0 spiro atoms. The molecule has 0 radical (unpaired) electrons. The van der Waals surface area contributed by atoms with Crippen molar-refractivity contribution in [2.45, 2.75) is 6.42 Å². The van der Waals surface area contributed by atoms with Crippen LogP contribution in [0, 0.1) is 0 Å². The van der Waals surface area contributed by atoms with Gasteiger partial charge in [0.1, 0.15) is 0 Å². The van der Waals surface area contributed by atoms with Crippen LogP contribution >= 0.6 is 0 Å². The van der Waals surface area contributed by atoms with E-state index in [0.717, 1.165) is 5.69 Å². The Morgan fingerprint density at radius 1 is 1.20 bits per heavy atom. The molecule has 0 aliphatic carbocycles. The zero-order valence-electron chi connectivity index (χ0n) is 10.6. The summed E-state index contributed by atoms with van der Waals surface area (Å²) in [6, 6.07) is 10.7. The predicted octanol–water partition coefficient (Wildman–Crippen LogP) is 1.52. The average Bonchev–Trinajstić information content (AvgIpc) is 2.97. The van der Waals surface area contributed by atoms with E-state index in [9.17, 15) is 4.79 Å². The first-order valence-electron chi connectivity index (χ1n) is 6.21. The van der Waals surface area contributed by atoms with Crippen LogP contribution in [0.3, 0.4) is 0 Å². The Morgan fingerprint density at radius 3 is 2.90 bits per heavy atom. The Balaban J connectivity index is 1.63. The molecule has 0 saturated heterocycles. The highest BCUT2D eigenvalue weighted by molar-refractivity contribution is 5.89. The van der Waals surface area contributed by atoms with Crippen molar-refractivity contribution in [1.82, 2.24) is 19.8 Å². The molecule has 6 heteroatoms. The number of fused-ring (bicyclic) bond motifs is 1. The van der Waals surface area contributed by atoms with Crippen molar-refractivity contribution in [3.63, 3.8) is 0 Å². The van der Waals surface area contributed by atoms with Gasteiger partial charge in [-0.25, -0.2) is 9.78 Å². The van der Waals surface area contributed by atoms with Crippen LogP contribution in [-0.4, -0.2) is 32.4 Å². The highest BCUT2D eigenvalue weighted by Crippen LogP contribution is 2.05. The molecule has 0 fully saturated rings. The maximum Gasteiger partial charge on any atom is 0.338 e. The molecule has 0 bridgehead atoms. The third-order valence-electron chi connectivity index (χ3n) is 2.88. The molecule has 0 aliphatic heterocycles. The number of hydrogen-bond acceptors (Lipinski definition) is 5. The molecule has 6 nitrogen and oxygen atoms in total. The number of rotatable bonds is 4. The summed E-state index contributed by atoms with van der Waals surface area (Å²) in [6.07, 6.45) is 3.83. The SMILES string of the molecule is O=C(OCCc1ccnc2cnnn12)c1ccccc1. The number of benzene rings is 1. The van der Waals surface area contributed by atoms with E-state index in [0.29, 0.717) is 17.6 Å². The Hall–Kier alpha value is -2.76. The Bertz CT molecular complexity index is 724. The summed E-state index contributed by atoms with van der Waals surface area (Å²) in [7, 11) is 0. The van der Waals surface area contributed by atoms with Gasteiger partial charge in [-0.2, -0.15) is 4.52 Å². The van der Waals surface area contributed by atoms with Crippen molar-refractivity contribution in [3.8, 4) is 0 Å². The smallest absolute Gasteiger partial charge is 0.338 e. The monoisotopic (exact) mass is 268 g/mol. The van der Waals surface area contributed by atoms with Crippen molar-refractivity contribution in [2.24, 2.45) is 0 Å². The van der Waals surface area contributed by atoms with Crippen LogP contribution in [0.25, 0.3) is 5.65 Å². The highest BCUT2D eigenvalue weighted by Gasteiger charge is 2.07. The van der Waals surface area contributed by atoms with Gasteiger partial charge in [0.25, 0.3) is 0 Å². The summed E-state index contributed by atoms with van der Waals surface area (Å²) in [4.78, 5) is 15.9. The zero-order chi connectivity index (χ0) is 13.8. The lowest BCUT2D eigenvalue weighted by Crippen LogP contribution is -2.10. The molecule has 1 aromatic carbocycles. The fraction of sp³-hybridized carbons (Fsp3) is 0.143. The van der Waals surface area contributed by atoms with Crippen molar-refractivity contribution in [3.05, 3.63) is 60.0 Å². The zero-order valence-corrected chi connectivity index (χ0v) is 10.6. The van der Waals surface area contributed by atoms with Crippen molar-refractivity contribution in [2.75, 3.05) is 6.61 Å². The molecule has 0 saturated carbocycles. The van der Waals surface area contributed by atoms with E-state index >= 15 is 0 Å². The molecular formula is C14H12N4O2. The number of esters is 1. The van der Waals surface area contributed by atoms with E-state index in [1.54, 1.807) is 41.2 Å². The predicted molar refractivity (Wildman–Crippen MR) is 71.2 cm³/mol. The second-order valence-electron chi connectivity index (χ2n) is 4.19. The van der Waals surface area contributed by atoms with Gasteiger partial charge in [0.05, 0.1) is 24.1 Å². The van der Waals surface area contributed by atoms with Gasteiger partial charge in [-0.3, -0.25) is 0 Å². The maximum atomic E-state index is 11.8. The van der Waals surface area contributed by atoms with Gasteiger partial charge >= 0.3 is 5.97 Å². The normalized spacial score (nSPS) is 10.6. The molecule has 100 valence electrons. The minimum Gasteiger partial charge on any atom is -0.462 e. The fourth-order valence-electron chi connectivity index (χ4n) is 1.89. The first kappa shape index (κ1) is 12.3. The van der Waals surface area contributed by atoms with Crippen molar-refractivity contribution < 1.29 is 9.53 Å². The van der Waals surface area contributed by atoms with Gasteiger partial charge in [0.2, 0.25) is 0 Å². The summed E-state index contributed by atoms with van der Waals surface area (Å²) in [6.45, 7) is 0.284. The number of carbonyl (C=O) groups is 1.